The lowest BCUT2D eigenvalue weighted by Crippen LogP contribution is -2.39. The smallest absolute Gasteiger partial charge is 0.233 e. The Morgan fingerprint density at radius 1 is 1.00 bits per heavy atom. The number of anilines is 1. The third-order valence-corrected chi connectivity index (χ3v) is 7.93. The second-order valence-electron chi connectivity index (χ2n) is 11.6. The Bertz CT molecular complexity index is 1370. The number of rotatable bonds is 11. The van der Waals surface area contributed by atoms with Crippen LogP contribution in [0.3, 0.4) is 0 Å². The van der Waals surface area contributed by atoms with Crippen LogP contribution in [0.1, 0.15) is 56.0 Å². The number of hydrogen-bond acceptors (Lipinski definition) is 6. The Morgan fingerprint density at radius 3 is 2.24 bits per heavy atom. The number of hydrogen-bond donors (Lipinski definition) is 1. The van der Waals surface area contributed by atoms with Gasteiger partial charge in [0.15, 0.2) is 5.65 Å². The van der Waals surface area contributed by atoms with E-state index in [9.17, 15) is 4.79 Å². The Balaban J connectivity index is 1.09. The fraction of sp³-hybridized carbons (Fsp3) is 0.424. The van der Waals surface area contributed by atoms with Gasteiger partial charge >= 0.3 is 0 Å². The van der Waals surface area contributed by atoms with Crippen LogP contribution in [0.15, 0.2) is 79.0 Å². The lowest BCUT2D eigenvalue weighted by molar-refractivity contribution is -0.133. The van der Waals surface area contributed by atoms with Gasteiger partial charge in [-0.15, -0.1) is 5.10 Å². The van der Waals surface area contributed by atoms with E-state index in [2.05, 4.69) is 81.0 Å². The van der Waals surface area contributed by atoms with Crippen molar-refractivity contribution in [3.63, 3.8) is 0 Å². The summed E-state index contributed by atoms with van der Waals surface area (Å²) < 4.78 is 8.46. The highest BCUT2D eigenvalue weighted by Crippen LogP contribution is 2.30. The topological polar surface area (TPSA) is 75.0 Å². The first-order valence-corrected chi connectivity index (χ1v) is 14.6. The Hall–Kier alpha value is -3.75. The molecule has 0 saturated carbocycles. The maximum atomic E-state index is 12.6. The molecule has 0 aliphatic carbocycles. The van der Waals surface area contributed by atoms with Gasteiger partial charge < -0.3 is 19.9 Å². The van der Waals surface area contributed by atoms with Gasteiger partial charge in [-0.05, 0) is 62.9 Å². The molecule has 3 heterocycles. The van der Waals surface area contributed by atoms with Gasteiger partial charge in [-0.1, -0.05) is 60.7 Å². The van der Waals surface area contributed by atoms with Crippen molar-refractivity contribution in [3.8, 4) is 0 Å². The molecule has 1 N–H and O–H groups in total. The fourth-order valence-electron chi connectivity index (χ4n) is 5.53. The zero-order valence-corrected chi connectivity index (χ0v) is 24.7. The van der Waals surface area contributed by atoms with Crippen LogP contribution in [-0.2, 0) is 14.9 Å². The van der Waals surface area contributed by atoms with Gasteiger partial charge in [0.1, 0.15) is 11.9 Å². The van der Waals surface area contributed by atoms with E-state index in [0.29, 0.717) is 5.69 Å². The van der Waals surface area contributed by atoms with Crippen LogP contribution in [0.5, 0.6) is 0 Å². The quantitative estimate of drug-likeness (QED) is 0.258. The van der Waals surface area contributed by atoms with Crippen LogP contribution in [0.25, 0.3) is 5.65 Å². The summed E-state index contributed by atoms with van der Waals surface area (Å²) in [5, 5.41) is 8.12. The predicted octanol–water partition coefficient (Wildman–Crippen LogP) is 5.17. The number of piperidine rings is 1. The highest BCUT2D eigenvalue weighted by Gasteiger charge is 2.34. The van der Waals surface area contributed by atoms with Crippen molar-refractivity contribution in [2.24, 2.45) is 0 Å². The molecule has 8 heteroatoms. The molecule has 41 heavy (non-hydrogen) atoms. The monoisotopic (exact) mass is 554 g/mol. The van der Waals surface area contributed by atoms with Crippen LogP contribution >= 0.6 is 0 Å². The van der Waals surface area contributed by atoms with Crippen LogP contribution in [-0.4, -0.2) is 76.7 Å². The molecule has 216 valence electrons. The molecule has 1 aliphatic rings. The zero-order valence-electron chi connectivity index (χ0n) is 24.7. The summed E-state index contributed by atoms with van der Waals surface area (Å²) in [5.41, 5.74) is 3.14. The number of benzene rings is 2. The summed E-state index contributed by atoms with van der Waals surface area (Å²) in [6, 6.07) is 25.0. The maximum Gasteiger partial charge on any atom is 0.233 e. The van der Waals surface area contributed by atoms with Crippen molar-refractivity contribution < 1.29 is 9.53 Å². The summed E-state index contributed by atoms with van der Waals surface area (Å²) in [6.45, 7) is 7.77. The molecule has 0 radical (unpaired) electrons. The van der Waals surface area contributed by atoms with Crippen molar-refractivity contribution in [1.82, 2.24) is 24.4 Å². The number of aromatic nitrogens is 3. The first-order valence-electron chi connectivity index (χ1n) is 14.6. The number of likely N-dealkylation sites (tertiary alicyclic amines) is 1. The number of amides is 1. The predicted molar refractivity (Wildman–Crippen MR) is 163 cm³/mol. The number of fused-ring (bicyclic) bond motifs is 1. The van der Waals surface area contributed by atoms with Crippen molar-refractivity contribution in [3.05, 3.63) is 95.8 Å². The van der Waals surface area contributed by atoms with E-state index in [4.69, 9.17) is 4.74 Å². The zero-order chi connectivity index (χ0) is 28.8. The minimum absolute atomic E-state index is 0.0158. The van der Waals surface area contributed by atoms with E-state index < -0.39 is 5.41 Å². The van der Waals surface area contributed by atoms with Gasteiger partial charge in [0.05, 0.1) is 23.4 Å². The minimum atomic E-state index is -0.715. The first-order chi connectivity index (χ1) is 19.8. The average molecular weight is 555 g/mol. The van der Waals surface area contributed by atoms with Crippen molar-refractivity contribution >= 4 is 17.4 Å². The Kier molecular flexibility index (Phi) is 9.00. The summed E-state index contributed by atoms with van der Waals surface area (Å²) >= 11 is 0. The maximum absolute atomic E-state index is 12.6. The fourth-order valence-corrected chi connectivity index (χ4v) is 5.53. The van der Waals surface area contributed by atoms with Crippen LogP contribution in [0, 0.1) is 0 Å². The highest BCUT2D eigenvalue weighted by atomic mass is 16.5. The second kappa shape index (κ2) is 12.8. The molecule has 0 atom stereocenters. The highest BCUT2D eigenvalue weighted by molar-refractivity contribution is 5.86. The van der Waals surface area contributed by atoms with E-state index in [1.807, 2.05) is 32.2 Å². The van der Waals surface area contributed by atoms with Crippen LogP contribution in [0.2, 0.25) is 0 Å². The summed E-state index contributed by atoms with van der Waals surface area (Å²) in [6.07, 6.45) is 5.18. The van der Waals surface area contributed by atoms with Gasteiger partial charge in [0, 0.05) is 33.7 Å². The molecular formula is C33H42N6O2. The van der Waals surface area contributed by atoms with E-state index >= 15 is 0 Å². The lowest BCUT2D eigenvalue weighted by atomic mass is 9.88. The number of imidazole rings is 1. The molecule has 2 aromatic carbocycles. The van der Waals surface area contributed by atoms with Gasteiger partial charge in [-0.2, -0.15) is 0 Å². The third-order valence-electron chi connectivity index (χ3n) is 7.93. The summed E-state index contributed by atoms with van der Waals surface area (Å²) in [5.74, 6) is 0.820. The Labute approximate surface area is 243 Å². The van der Waals surface area contributed by atoms with Crippen molar-refractivity contribution in [2.45, 2.75) is 50.7 Å². The molecule has 2 aromatic heterocycles. The van der Waals surface area contributed by atoms with E-state index in [0.717, 1.165) is 56.9 Å². The van der Waals surface area contributed by atoms with Crippen LogP contribution in [0.4, 0.5) is 5.82 Å². The molecular weight excluding hydrogens is 512 g/mol. The van der Waals surface area contributed by atoms with E-state index in [1.165, 1.54) is 11.1 Å². The normalized spacial score (nSPS) is 15.0. The molecule has 1 amide bonds. The number of ether oxygens (including phenoxy) is 1. The minimum Gasteiger partial charge on any atom is -0.369 e. The molecule has 4 aromatic rings. The molecule has 0 spiro atoms. The number of nitrogens with one attached hydrogen (secondary N) is 1. The molecule has 1 aliphatic heterocycles. The van der Waals surface area contributed by atoms with Crippen molar-refractivity contribution in [1.29, 1.82) is 0 Å². The number of carbonyl (C=O) groups excluding carboxylic acids is 1. The van der Waals surface area contributed by atoms with Gasteiger partial charge in [-0.25, -0.2) is 9.50 Å². The van der Waals surface area contributed by atoms with Crippen molar-refractivity contribution in [2.75, 3.05) is 45.6 Å². The number of carbonyl (C=O) groups is 1. The number of nitrogens with zero attached hydrogens (tertiary/aromatic N) is 5. The Morgan fingerprint density at radius 2 is 1.63 bits per heavy atom. The lowest BCUT2D eigenvalue weighted by Gasteiger charge is -2.34. The SMILES string of the molecule is CN(C)C(=O)C(C)(C)c1cn2nc(NCCCN3CCC(OC(c4ccccc4)c4ccccc4)CC3)ccc2n1. The number of likely N-dealkylation sites (N-methyl/N-ethyl adjacent to an activating group) is 1. The molecule has 1 saturated heterocycles. The molecule has 5 rings (SSSR count). The standard InChI is InChI=1S/C33H42N6O2/c1-33(2,32(40)37(3)4)28-24-39-30(35-28)17-16-29(36-39)34-20-11-21-38-22-18-27(19-23-38)41-31(25-12-7-5-8-13-25)26-14-9-6-10-15-26/h5-10,12-17,24,27,31H,11,18-23H2,1-4H3,(H,34,36). The van der Waals surface area contributed by atoms with Gasteiger partial charge in [0.25, 0.3) is 0 Å². The largest absolute Gasteiger partial charge is 0.369 e. The molecule has 1 fully saturated rings. The summed E-state index contributed by atoms with van der Waals surface area (Å²) in [7, 11) is 3.53. The average Bonchev–Trinajstić information content (AvgIpc) is 3.44. The molecule has 0 unspecified atom stereocenters. The van der Waals surface area contributed by atoms with Gasteiger partial charge in [-0.3, -0.25) is 4.79 Å². The summed E-state index contributed by atoms with van der Waals surface area (Å²) in [4.78, 5) is 21.4. The van der Waals surface area contributed by atoms with Gasteiger partial charge in [0.2, 0.25) is 5.91 Å². The van der Waals surface area contributed by atoms with E-state index in [-0.39, 0.29) is 18.1 Å². The molecule has 0 bridgehead atoms. The first kappa shape index (κ1) is 28.8. The second-order valence-corrected chi connectivity index (χ2v) is 11.6. The third kappa shape index (κ3) is 6.94. The van der Waals surface area contributed by atoms with Crippen LogP contribution < -0.4 is 5.32 Å². The van der Waals surface area contributed by atoms with E-state index in [1.54, 1.807) is 23.5 Å². The molecule has 8 nitrogen and oxygen atoms in total.